The van der Waals surface area contributed by atoms with Crippen molar-refractivity contribution in [2.75, 3.05) is 19.7 Å². The molecule has 4 unspecified atom stereocenters. The maximum atomic E-state index is 10.3. The lowest BCUT2D eigenvalue weighted by Gasteiger charge is -2.54. The summed E-state index contributed by atoms with van der Waals surface area (Å²) in [5, 5.41) is 17.2. The SMILES string of the molecule is CCNC(=NCCC(O)c1ccccc1)NC1C2CCOC2C1(C)C. The molecule has 138 valence electrons. The van der Waals surface area contributed by atoms with Gasteiger partial charge in [0, 0.05) is 37.1 Å². The van der Waals surface area contributed by atoms with E-state index in [9.17, 15) is 5.11 Å². The Morgan fingerprint density at radius 1 is 1.36 bits per heavy atom. The Hall–Kier alpha value is -1.59. The molecule has 5 nitrogen and oxygen atoms in total. The zero-order valence-electron chi connectivity index (χ0n) is 15.5. The van der Waals surface area contributed by atoms with E-state index < -0.39 is 6.10 Å². The molecule has 1 aliphatic carbocycles. The first kappa shape index (κ1) is 18.2. The van der Waals surface area contributed by atoms with E-state index in [0.717, 1.165) is 31.1 Å². The summed E-state index contributed by atoms with van der Waals surface area (Å²) >= 11 is 0. The largest absolute Gasteiger partial charge is 0.388 e. The number of aliphatic hydroxyl groups excluding tert-OH is 1. The molecule has 0 radical (unpaired) electrons. The van der Waals surface area contributed by atoms with E-state index in [4.69, 9.17) is 4.74 Å². The van der Waals surface area contributed by atoms with Crippen molar-refractivity contribution in [1.29, 1.82) is 0 Å². The summed E-state index contributed by atoms with van der Waals surface area (Å²) in [6.45, 7) is 8.88. The minimum Gasteiger partial charge on any atom is -0.388 e. The van der Waals surface area contributed by atoms with Crippen LogP contribution < -0.4 is 10.6 Å². The van der Waals surface area contributed by atoms with Crippen molar-refractivity contribution >= 4 is 5.96 Å². The molecule has 0 amide bonds. The van der Waals surface area contributed by atoms with Gasteiger partial charge < -0.3 is 20.5 Å². The molecule has 1 saturated carbocycles. The fourth-order valence-electron chi connectivity index (χ4n) is 4.23. The Kier molecular flexibility index (Phi) is 5.64. The van der Waals surface area contributed by atoms with Gasteiger partial charge in [-0.3, -0.25) is 4.99 Å². The predicted octanol–water partition coefficient (Wildman–Crippen LogP) is 2.48. The number of hydrogen-bond donors (Lipinski definition) is 3. The highest BCUT2D eigenvalue weighted by Crippen LogP contribution is 2.52. The molecule has 0 aromatic heterocycles. The number of nitrogens with one attached hydrogen (secondary N) is 2. The summed E-state index contributed by atoms with van der Waals surface area (Å²) in [6, 6.07) is 10.2. The molecule has 1 saturated heterocycles. The Labute approximate surface area is 150 Å². The molecule has 3 rings (SSSR count). The highest BCUT2D eigenvalue weighted by molar-refractivity contribution is 5.80. The van der Waals surface area contributed by atoms with Crippen molar-refractivity contribution in [2.45, 2.75) is 51.9 Å². The molecule has 3 N–H and O–H groups in total. The van der Waals surface area contributed by atoms with E-state index >= 15 is 0 Å². The van der Waals surface area contributed by atoms with Gasteiger partial charge in [-0.2, -0.15) is 0 Å². The fourth-order valence-corrected chi connectivity index (χ4v) is 4.23. The monoisotopic (exact) mass is 345 g/mol. The zero-order valence-corrected chi connectivity index (χ0v) is 15.5. The molecule has 2 aliphatic rings. The third-order valence-electron chi connectivity index (χ3n) is 5.59. The second-order valence-corrected chi connectivity index (χ2v) is 7.66. The first-order valence-corrected chi connectivity index (χ1v) is 9.43. The first-order valence-electron chi connectivity index (χ1n) is 9.43. The molecule has 1 aromatic carbocycles. The van der Waals surface area contributed by atoms with E-state index in [1.165, 1.54) is 0 Å². The van der Waals surface area contributed by atoms with Crippen LogP contribution >= 0.6 is 0 Å². The van der Waals surface area contributed by atoms with Crippen LogP contribution in [-0.2, 0) is 4.74 Å². The highest BCUT2D eigenvalue weighted by atomic mass is 16.5. The van der Waals surface area contributed by atoms with Gasteiger partial charge in [-0.15, -0.1) is 0 Å². The smallest absolute Gasteiger partial charge is 0.191 e. The minimum atomic E-state index is -0.472. The Balaban J connectivity index is 1.56. The second-order valence-electron chi connectivity index (χ2n) is 7.66. The zero-order chi connectivity index (χ0) is 17.9. The van der Waals surface area contributed by atoms with Crippen LogP contribution in [0.15, 0.2) is 35.3 Å². The molecule has 1 aromatic rings. The lowest BCUT2D eigenvalue weighted by atomic mass is 9.57. The third-order valence-corrected chi connectivity index (χ3v) is 5.59. The summed E-state index contributed by atoms with van der Waals surface area (Å²) in [7, 11) is 0. The van der Waals surface area contributed by atoms with Gasteiger partial charge in [-0.25, -0.2) is 0 Å². The number of hydrogen-bond acceptors (Lipinski definition) is 3. The molecule has 25 heavy (non-hydrogen) atoms. The number of guanidine groups is 1. The average Bonchev–Trinajstić information content (AvgIpc) is 3.07. The number of fused-ring (bicyclic) bond motifs is 1. The molecule has 0 spiro atoms. The van der Waals surface area contributed by atoms with Crippen LogP contribution in [0, 0.1) is 11.3 Å². The summed E-state index contributed by atoms with van der Waals surface area (Å²) in [5.74, 6) is 1.42. The number of benzene rings is 1. The van der Waals surface area contributed by atoms with Gasteiger partial charge in [-0.05, 0) is 25.3 Å². The van der Waals surface area contributed by atoms with Gasteiger partial charge in [0.15, 0.2) is 5.96 Å². The summed E-state index contributed by atoms with van der Waals surface area (Å²) in [6.07, 6.45) is 1.63. The Morgan fingerprint density at radius 2 is 2.12 bits per heavy atom. The lowest BCUT2D eigenvalue weighted by molar-refractivity contribution is -0.106. The van der Waals surface area contributed by atoms with Gasteiger partial charge in [-0.1, -0.05) is 44.2 Å². The predicted molar refractivity (Wildman–Crippen MR) is 101 cm³/mol. The average molecular weight is 345 g/mol. The molecular formula is C20H31N3O2. The maximum Gasteiger partial charge on any atom is 0.191 e. The van der Waals surface area contributed by atoms with Gasteiger partial charge >= 0.3 is 0 Å². The van der Waals surface area contributed by atoms with E-state index in [-0.39, 0.29) is 5.41 Å². The quantitative estimate of drug-likeness (QED) is 0.547. The molecule has 1 aliphatic heterocycles. The second kappa shape index (κ2) is 7.75. The lowest BCUT2D eigenvalue weighted by Crippen LogP contribution is -2.67. The highest BCUT2D eigenvalue weighted by Gasteiger charge is 2.59. The molecule has 4 atom stereocenters. The first-order chi connectivity index (χ1) is 12.0. The topological polar surface area (TPSA) is 65.9 Å². The summed E-state index contributed by atoms with van der Waals surface area (Å²) in [5.41, 5.74) is 1.07. The van der Waals surface area contributed by atoms with Crippen LogP contribution in [-0.4, -0.2) is 42.9 Å². The van der Waals surface area contributed by atoms with Gasteiger partial charge in [0.25, 0.3) is 0 Å². The minimum absolute atomic E-state index is 0.126. The summed E-state index contributed by atoms with van der Waals surface area (Å²) < 4.78 is 5.87. The third kappa shape index (κ3) is 3.82. The Morgan fingerprint density at radius 3 is 2.84 bits per heavy atom. The van der Waals surface area contributed by atoms with Crippen LogP contribution in [0.25, 0.3) is 0 Å². The van der Waals surface area contributed by atoms with Crippen LogP contribution in [0.1, 0.15) is 45.3 Å². The van der Waals surface area contributed by atoms with Crippen molar-refractivity contribution in [3.8, 4) is 0 Å². The van der Waals surface area contributed by atoms with Crippen molar-refractivity contribution in [1.82, 2.24) is 10.6 Å². The molecule has 2 fully saturated rings. The van der Waals surface area contributed by atoms with Gasteiger partial charge in [0.2, 0.25) is 0 Å². The number of aliphatic hydroxyl groups is 1. The number of ether oxygens (including phenoxy) is 1. The standard InChI is InChI=1S/C20H31N3O2/c1-4-21-19(22-12-10-16(24)14-8-6-5-7-9-14)23-17-15-11-13-25-18(15)20(17,2)3/h5-9,15-18,24H,4,10-13H2,1-3H3,(H2,21,22,23). The van der Waals surface area contributed by atoms with Crippen LogP contribution in [0.4, 0.5) is 0 Å². The van der Waals surface area contributed by atoms with Crippen molar-refractivity contribution in [3.05, 3.63) is 35.9 Å². The number of nitrogens with zero attached hydrogens (tertiary/aromatic N) is 1. The summed E-state index contributed by atoms with van der Waals surface area (Å²) in [4.78, 5) is 4.67. The fraction of sp³-hybridized carbons (Fsp3) is 0.650. The number of aliphatic imine (C=N–C) groups is 1. The van der Waals surface area contributed by atoms with Crippen molar-refractivity contribution < 1.29 is 9.84 Å². The number of rotatable bonds is 6. The van der Waals surface area contributed by atoms with Crippen molar-refractivity contribution in [2.24, 2.45) is 16.3 Å². The molecule has 1 heterocycles. The van der Waals surface area contributed by atoms with E-state index in [0.29, 0.717) is 31.0 Å². The normalized spacial score (nSPS) is 28.8. The van der Waals surface area contributed by atoms with Crippen LogP contribution in [0.5, 0.6) is 0 Å². The maximum absolute atomic E-state index is 10.3. The van der Waals surface area contributed by atoms with Crippen molar-refractivity contribution in [3.63, 3.8) is 0 Å². The molecule has 0 bridgehead atoms. The molecular weight excluding hydrogens is 314 g/mol. The van der Waals surface area contributed by atoms with Gasteiger partial charge in [0.05, 0.1) is 12.2 Å². The van der Waals surface area contributed by atoms with E-state index in [2.05, 4.69) is 36.4 Å². The van der Waals surface area contributed by atoms with E-state index in [1.54, 1.807) is 0 Å². The van der Waals surface area contributed by atoms with Crippen LogP contribution in [0.2, 0.25) is 0 Å². The van der Waals surface area contributed by atoms with Crippen LogP contribution in [0.3, 0.4) is 0 Å². The Bertz CT molecular complexity index is 588. The van der Waals surface area contributed by atoms with E-state index in [1.807, 2.05) is 30.3 Å². The molecule has 5 heteroatoms. The van der Waals surface area contributed by atoms with Gasteiger partial charge in [0.1, 0.15) is 0 Å².